The summed E-state index contributed by atoms with van der Waals surface area (Å²) >= 11 is 0. The van der Waals surface area contributed by atoms with Crippen molar-refractivity contribution in [2.45, 2.75) is 31.3 Å². The molecule has 128 valence electrons. The number of sulfone groups is 1. The lowest BCUT2D eigenvalue weighted by Gasteiger charge is -2.17. The van der Waals surface area contributed by atoms with Gasteiger partial charge in [-0.25, -0.2) is 8.42 Å². The second kappa shape index (κ2) is 7.49. The Labute approximate surface area is 142 Å². The molecule has 2 aromatic rings. The number of carbonyl (C=O) groups is 1. The molecule has 0 saturated heterocycles. The summed E-state index contributed by atoms with van der Waals surface area (Å²) in [6, 6.07) is 13.4. The molecule has 0 spiro atoms. The number of primary amides is 1. The van der Waals surface area contributed by atoms with Crippen LogP contribution in [0.5, 0.6) is 5.75 Å². The maximum Gasteiger partial charge on any atom is 0.263 e. The molecule has 0 aromatic heterocycles. The van der Waals surface area contributed by atoms with E-state index in [1.165, 1.54) is 12.1 Å². The summed E-state index contributed by atoms with van der Waals surface area (Å²) in [4.78, 5) is 12.0. The molecule has 0 aliphatic carbocycles. The molecule has 6 heteroatoms. The molecule has 2 rings (SSSR count). The van der Waals surface area contributed by atoms with Gasteiger partial charge in [0.2, 0.25) is 6.10 Å². The number of nitrogens with two attached hydrogens (primary N) is 1. The minimum absolute atomic E-state index is 0.0197. The van der Waals surface area contributed by atoms with Gasteiger partial charge in [-0.15, -0.1) is 0 Å². The number of hydrogen-bond acceptors (Lipinski definition) is 4. The fraction of sp³-hybridized carbons (Fsp3) is 0.278. The Bertz CT molecular complexity index is 796. The first-order chi connectivity index (χ1) is 11.4. The first kappa shape index (κ1) is 18.0. The van der Waals surface area contributed by atoms with Crippen LogP contribution in [0.25, 0.3) is 0 Å². The van der Waals surface area contributed by atoms with Crippen molar-refractivity contribution < 1.29 is 17.9 Å². The predicted molar refractivity (Wildman–Crippen MR) is 92.6 cm³/mol. The number of ether oxygens (including phenoxy) is 1. The number of carbonyl (C=O) groups excluding carboxylic acids is 1. The largest absolute Gasteiger partial charge is 0.476 e. The van der Waals surface area contributed by atoms with Crippen LogP contribution in [0.4, 0.5) is 0 Å². The van der Waals surface area contributed by atoms with Crippen LogP contribution in [0, 0.1) is 0 Å². The van der Waals surface area contributed by atoms with Gasteiger partial charge in [0.15, 0.2) is 9.84 Å². The molecule has 0 aliphatic rings. The average Bonchev–Trinajstić information content (AvgIpc) is 2.60. The smallest absolute Gasteiger partial charge is 0.263 e. The van der Waals surface area contributed by atoms with Crippen molar-refractivity contribution in [1.82, 2.24) is 0 Å². The zero-order valence-electron chi connectivity index (χ0n) is 13.7. The minimum Gasteiger partial charge on any atom is -0.476 e. The highest BCUT2D eigenvalue weighted by Gasteiger charge is 2.21. The molecule has 5 nitrogen and oxygen atoms in total. The molecule has 1 unspecified atom stereocenters. The minimum atomic E-state index is -3.28. The molecule has 0 fully saturated rings. The number of amides is 1. The third-order valence-electron chi connectivity index (χ3n) is 3.77. The monoisotopic (exact) mass is 347 g/mol. The van der Waals surface area contributed by atoms with E-state index in [9.17, 15) is 13.2 Å². The lowest BCUT2D eigenvalue weighted by atomic mass is 10.1. The molecule has 2 aromatic carbocycles. The zero-order chi connectivity index (χ0) is 17.7. The highest BCUT2D eigenvalue weighted by atomic mass is 32.2. The summed E-state index contributed by atoms with van der Waals surface area (Å²) in [5, 5.41) is 0. The summed E-state index contributed by atoms with van der Waals surface area (Å²) in [7, 11) is -3.28. The van der Waals surface area contributed by atoms with Crippen molar-refractivity contribution in [3.8, 4) is 5.75 Å². The number of hydrogen-bond donors (Lipinski definition) is 1. The molecule has 0 radical (unpaired) electrons. The van der Waals surface area contributed by atoms with Gasteiger partial charge in [-0.1, -0.05) is 38.1 Å². The van der Waals surface area contributed by atoms with Gasteiger partial charge >= 0.3 is 0 Å². The van der Waals surface area contributed by atoms with Gasteiger partial charge in [0.25, 0.3) is 5.91 Å². The van der Waals surface area contributed by atoms with Crippen LogP contribution >= 0.6 is 0 Å². The Morgan fingerprint density at radius 3 is 2.08 bits per heavy atom. The fourth-order valence-corrected chi connectivity index (χ4v) is 3.13. The highest BCUT2D eigenvalue weighted by Crippen LogP contribution is 2.24. The van der Waals surface area contributed by atoms with Gasteiger partial charge in [0.1, 0.15) is 5.75 Å². The third kappa shape index (κ3) is 4.14. The Balaban J connectivity index is 2.25. The Morgan fingerprint density at radius 2 is 1.62 bits per heavy atom. The van der Waals surface area contributed by atoms with Gasteiger partial charge in [-0.05, 0) is 36.2 Å². The highest BCUT2D eigenvalue weighted by molar-refractivity contribution is 7.91. The molecular weight excluding hydrogens is 326 g/mol. The number of rotatable bonds is 7. The Morgan fingerprint density at radius 1 is 1.04 bits per heavy atom. The van der Waals surface area contributed by atoms with E-state index in [1.807, 2.05) is 19.1 Å². The third-order valence-corrected chi connectivity index (χ3v) is 5.52. The first-order valence-corrected chi connectivity index (χ1v) is 9.40. The first-order valence-electron chi connectivity index (χ1n) is 7.75. The van der Waals surface area contributed by atoms with E-state index in [2.05, 4.69) is 0 Å². The molecule has 1 atom stereocenters. The maximum atomic E-state index is 11.8. The van der Waals surface area contributed by atoms with Crippen LogP contribution < -0.4 is 10.5 Å². The van der Waals surface area contributed by atoms with Crippen molar-refractivity contribution in [3.05, 3.63) is 59.7 Å². The van der Waals surface area contributed by atoms with Gasteiger partial charge < -0.3 is 10.5 Å². The van der Waals surface area contributed by atoms with E-state index in [1.54, 1.807) is 31.2 Å². The maximum absolute atomic E-state index is 11.8. The van der Waals surface area contributed by atoms with E-state index < -0.39 is 21.8 Å². The molecular formula is C18H21NO4S. The van der Waals surface area contributed by atoms with E-state index in [0.717, 1.165) is 12.0 Å². The molecule has 1 amide bonds. The van der Waals surface area contributed by atoms with Crippen LogP contribution in [0.2, 0.25) is 0 Å². The fourth-order valence-electron chi connectivity index (χ4n) is 2.25. The van der Waals surface area contributed by atoms with Gasteiger partial charge in [0.05, 0.1) is 10.6 Å². The van der Waals surface area contributed by atoms with Crippen molar-refractivity contribution in [3.63, 3.8) is 0 Å². The second-order valence-electron chi connectivity index (χ2n) is 5.37. The van der Waals surface area contributed by atoms with Crippen LogP contribution in [0.15, 0.2) is 53.4 Å². The van der Waals surface area contributed by atoms with Crippen LogP contribution in [-0.2, 0) is 21.1 Å². The van der Waals surface area contributed by atoms with Crippen LogP contribution in [0.3, 0.4) is 0 Å². The molecule has 0 bridgehead atoms. The Kier molecular flexibility index (Phi) is 5.62. The van der Waals surface area contributed by atoms with Crippen LogP contribution in [-0.4, -0.2) is 20.1 Å². The zero-order valence-corrected chi connectivity index (χ0v) is 14.5. The standard InChI is InChI=1S/C18H21NO4S/c1-3-13-5-9-15(10-6-13)23-17(18(19)20)14-7-11-16(12-8-14)24(21,22)4-2/h5-12,17H,3-4H2,1-2H3,(H2,19,20). The van der Waals surface area contributed by atoms with Gasteiger partial charge in [0, 0.05) is 5.56 Å². The summed E-state index contributed by atoms with van der Waals surface area (Å²) in [6.07, 6.45) is -0.0664. The molecule has 2 N–H and O–H groups in total. The lowest BCUT2D eigenvalue weighted by molar-refractivity contribution is -0.125. The van der Waals surface area contributed by atoms with E-state index in [-0.39, 0.29) is 10.6 Å². The molecule has 0 aliphatic heterocycles. The van der Waals surface area contributed by atoms with Crippen LogP contribution in [0.1, 0.15) is 31.1 Å². The Hall–Kier alpha value is -2.34. The summed E-state index contributed by atoms with van der Waals surface area (Å²) in [5.41, 5.74) is 7.11. The lowest BCUT2D eigenvalue weighted by Crippen LogP contribution is -2.26. The molecule has 24 heavy (non-hydrogen) atoms. The predicted octanol–water partition coefficient (Wildman–Crippen LogP) is 2.65. The van der Waals surface area contributed by atoms with Crippen molar-refractivity contribution >= 4 is 15.7 Å². The van der Waals surface area contributed by atoms with E-state index in [0.29, 0.717) is 11.3 Å². The number of benzene rings is 2. The summed E-state index contributed by atoms with van der Waals surface area (Å²) < 4.78 is 29.4. The summed E-state index contributed by atoms with van der Waals surface area (Å²) in [6.45, 7) is 3.63. The number of aryl methyl sites for hydroxylation is 1. The van der Waals surface area contributed by atoms with Crippen molar-refractivity contribution in [1.29, 1.82) is 0 Å². The quantitative estimate of drug-likeness (QED) is 0.834. The van der Waals surface area contributed by atoms with E-state index >= 15 is 0 Å². The SMILES string of the molecule is CCc1ccc(OC(C(N)=O)c2ccc(S(=O)(=O)CC)cc2)cc1. The summed E-state index contributed by atoms with van der Waals surface area (Å²) in [5.74, 6) is -0.0896. The second-order valence-corrected chi connectivity index (χ2v) is 7.65. The molecule has 0 saturated carbocycles. The van der Waals surface area contributed by atoms with E-state index in [4.69, 9.17) is 10.5 Å². The topological polar surface area (TPSA) is 86.5 Å². The van der Waals surface area contributed by atoms with Crippen molar-refractivity contribution in [2.24, 2.45) is 5.73 Å². The van der Waals surface area contributed by atoms with Gasteiger partial charge in [-0.2, -0.15) is 0 Å². The van der Waals surface area contributed by atoms with Gasteiger partial charge in [-0.3, -0.25) is 4.79 Å². The average molecular weight is 347 g/mol. The van der Waals surface area contributed by atoms with Crippen molar-refractivity contribution in [2.75, 3.05) is 5.75 Å². The normalized spacial score (nSPS) is 12.6. The molecule has 0 heterocycles.